The Balaban J connectivity index is 2.11. The Morgan fingerprint density at radius 3 is 2.73 bits per heavy atom. The highest BCUT2D eigenvalue weighted by Gasteiger charge is 2.54. The number of anilines is 2. The summed E-state index contributed by atoms with van der Waals surface area (Å²) in [5.74, 6) is 2.31. The maximum Gasteiger partial charge on any atom is 0.240 e. The van der Waals surface area contributed by atoms with Gasteiger partial charge in [-0.1, -0.05) is 5.92 Å². The van der Waals surface area contributed by atoms with Gasteiger partial charge in [0, 0.05) is 0 Å². The molecule has 22 heavy (non-hydrogen) atoms. The van der Waals surface area contributed by atoms with Gasteiger partial charge in [-0.3, -0.25) is 0 Å². The number of nitrogens with zero attached hydrogens (tertiary/aromatic N) is 3. The van der Waals surface area contributed by atoms with Gasteiger partial charge in [-0.25, -0.2) is 4.52 Å². The summed E-state index contributed by atoms with van der Waals surface area (Å²) in [5.41, 5.74) is 10.5. The minimum atomic E-state index is -1.68. The number of hydrogen-bond donors (Lipinski definition) is 5. The zero-order chi connectivity index (χ0) is 16.1. The van der Waals surface area contributed by atoms with E-state index in [2.05, 4.69) is 16.0 Å². The van der Waals surface area contributed by atoms with Crippen LogP contribution in [-0.4, -0.2) is 54.3 Å². The predicted molar refractivity (Wildman–Crippen MR) is 76.3 cm³/mol. The van der Waals surface area contributed by atoms with Crippen molar-refractivity contribution >= 4 is 17.3 Å². The largest absolute Gasteiger partial charge is 0.392 e. The van der Waals surface area contributed by atoms with Gasteiger partial charge in [0.1, 0.15) is 23.8 Å². The molecule has 1 saturated heterocycles. The van der Waals surface area contributed by atoms with E-state index in [1.54, 1.807) is 12.1 Å². The summed E-state index contributed by atoms with van der Waals surface area (Å²) >= 11 is 0. The van der Waals surface area contributed by atoms with Crippen LogP contribution in [-0.2, 0) is 4.74 Å². The van der Waals surface area contributed by atoms with Crippen LogP contribution in [0.5, 0.6) is 0 Å². The van der Waals surface area contributed by atoms with E-state index in [4.69, 9.17) is 22.6 Å². The summed E-state index contributed by atoms with van der Waals surface area (Å²) in [4.78, 5) is 3.84. The van der Waals surface area contributed by atoms with Crippen LogP contribution in [0.25, 0.3) is 5.52 Å². The molecule has 0 spiro atoms. The van der Waals surface area contributed by atoms with Gasteiger partial charge in [-0.05, 0) is 12.1 Å². The highest BCUT2D eigenvalue weighted by atomic mass is 16.6. The second-order valence-corrected chi connectivity index (χ2v) is 5.08. The van der Waals surface area contributed by atoms with Crippen LogP contribution in [0.15, 0.2) is 12.1 Å². The number of aliphatic hydroxyl groups is 3. The highest BCUT2D eigenvalue weighted by Crippen LogP contribution is 2.40. The fourth-order valence-corrected chi connectivity index (χ4v) is 2.61. The summed E-state index contributed by atoms with van der Waals surface area (Å²) in [6.07, 6.45) is 1.53. The molecule has 1 unspecified atom stereocenters. The summed E-state index contributed by atoms with van der Waals surface area (Å²) < 4.78 is 6.92. The Kier molecular flexibility index (Phi) is 3.19. The normalized spacial score (nSPS) is 31.5. The summed E-state index contributed by atoms with van der Waals surface area (Å²) in [6, 6.07) is 3.23. The first kappa shape index (κ1) is 14.6. The number of hydrogen-bond acceptors (Lipinski definition) is 8. The van der Waals surface area contributed by atoms with Crippen LogP contribution in [0.4, 0.5) is 11.8 Å². The molecule has 3 rings (SSSR count). The molecule has 2 aromatic rings. The summed E-state index contributed by atoms with van der Waals surface area (Å²) in [5, 5.41) is 33.7. The van der Waals surface area contributed by atoms with E-state index in [1.807, 2.05) is 0 Å². The molecule has 116 valence electrons. The lowest BCUT2D eigenvalue weighted by molar-refractivity contribution is -0.0732. The fourth-order valence-electron chi connectivity index (χ4n) is 2.61. The lowest BCUT2D eigenvalue weighted by Crippen LogP contribution is -2.44. The Bertz CT molecular complexity index is 770. The quantitative estimate of drug-likeness (QED) is 0.401. The monoisotopic (exact) mass is 305 g/mol. The first-order valence-corrected chi connectivity index (χ1v) is 6.46. The van der Waals surface area contributed by atoms with E-state index >= 15 is 0 Å². The van der Waals surface area contributed by atoms with Gasteiger partial charge >= 0.3 is 0 Å². The van der Waals surface area contributed by atoms with Gasteiger partial charge in [0.2, 0.25) is 5.95 Å². The fraction of sp³-hybridized carbons (Fsp3) is 0.385. The van der Waals surface area contributed by atoms with Crippen molar-refractivity contribution in [1.82, 2.24) is 14.6 Å². The van der Waals surface area contributed by atoms with E-state index in [9.17, 15) is 15.3 Å². The lowest BCUT2D eigenvalue weighted by Gasteiger charge is -2.23. The lowest BCUT2D eigenvalue weighted by atomic mass is 9.96. The van der Waals surface area contributed by atoms with Crippen molar-refractivity contribution in [2.75, 3.05) is 18.1 Å². The van der Waals surface area contributed by atoms with Gasteiger partial charge < -0.3 is 31.5 Å². The van der Waals surface area contributed by atoms with E-state index in [1.165, 1.54) is 4.52 Å². The van der Waals surface area contributed by atoms with Gasteiger partial charge in [0.15, 0.2) is 11.4 Å². The number of rotatable bonds is 2. The molecule has 0 radical (unpaired) electrons. The number of aromatic nitrogens is 3. The average molecular weight is 305 g/mol. The Hall–Kier alpha value is -2.38. The molecular weight excluding hydrogens is 290 g/mol. The van der Waals surface area contributed by atoms with E-state index in [0.717, 1.165) is 0 Å². The molecule has 0 saturated carbocycles. The van der Waals surface area contributed by atoms with Crippen molar-refractivity contribution in [1.29, 1.82) is 0 Å². The molecule has 1 aliphatic rings. The number of aliphatic hydroxyl groups excluding tert-OH is 3. The molecule has 1 fully saturated rings. The van der Waals surface area contributed by atoms with E-state index in [-0.39, 0.29) is 11.8 Å². The third kappa shape index (κ3) is 1.83. The second kappa shape index (κ2) is 4.82. The third-order valence-corrected chi connectivity index (χ3v) is 3.80. The van der Waals surface area contributed by atoms with Crippen molar-refractivity contribution in [3.8, 4) is 12.3 Å². The predicted octanol–water partition coefficient (Wildman–Crippen LogP) is -1.95. The van der Waals surface area contributed by atoms with Crippen LogP contribution in [0.2, 0.25) is 0 Å². The zero-order valence-electron chi connectivity index (χ0n) is 11.4. The second-order valence-electron chi connectivity index (χ2n) is 5.08. The van der Waals surface area contributed by atoms with E-state index in [0.29, 0.717) is 11.2 Å². The smallest absolute Gasteiger partial charge is 0.240 e. The molecule has 0 amide bonds. The highest BCUT2D eigenvalue weighted by molar-refractivity contribution is 5.67. The number of ether oxygens (including phenoxy) is 1. The van der Waals surface area contributed by atoms with Crippen molar-refractivity contribution in [2.45, 2.75) is 23.9 Å². The number of fused-ring (bicyclic) bond motifs is 1. The molecule has 0 bridgehead atoms. The summed E-state index contributed by atoms with van der Waals surface area (Å²) in [6.45, 7) is -0.638. The number of nitrogen functional groups attached to an aromatic ring is 2. The van der Waals surface area contributed by atoms with Gasteiger partial charge in [-0.2, -0.15) is 4.98 Å². The molecule has 9 nitrogen and oxygen atoms in total. The van der Waals surface area contributed by atoms with Crippen molar-refractivity contribution in [3.05, 3.63) is 17.8 Å². The zero-order valence-corrected chi connectivity index (χ0v) is 11.4. The van der Waals surface area contributed by atoms with Crippen molar-refractivity contribution in [3.63, 3.8) is 0 Å². The van der Waals surface area contributed by atoms with Crippen LogP contribution < -0.4 is 11.5 Å². The first-order valence-electron chi connectivity index (χ1n) is 6.46. The maximum absolute atomic E-state index is 10.2. The Morgan fingerprint density at radius 2 is 2.14 bits per heavy atom. The molecular formula is C13H15N5O4. The van der Waals surface area contributed by atoms with Crippen LogP contribution in [0.1, 0.15) is 11.8 Å². The molecule has 3 heterocycles. The number of nitrogens with two attached hydrogens (primary N) is 2. The van der Waals surface area contributed by atoms with Gasteiger partial charge in [0.25, 0.3) is 0 Å². The van der Waals surface area contributed by atoms with Crippen molar-refractivity contribution in [2.24, 2.45) is 0 Å². The van der Waals surface area contributed by atoms with E-state index < -0.39 is 30.5 Å². The standard InChI is InChI=1S/C13H15N5O4/c1-2-13(5-19)10(21)8(20)9(22-13)6-3-4-7-11(14)16-12(15)17-18(6)7/h1,3-4,8-10,19-21H,5H2,(H4,14,15,16,17)/t8-,9+,10?,13-/m1/s1. The number of terminal acetylenes is 1. The topological polar surface area (TPSA) is 152 Å². The first-order chi connectivity index (χ1) is 10.4. The molecule has 0 aliphatic carbocycles. The van der Waals surface area contributed by atoms with Gasteiger partial charge in [-0.15, -0.1) is 11.5 Å². The van der Waals surface area contributed by atoms with Crippen LogP contribution in [0.3, 0.4) is 0 Å². The minimum absolute atomic E-state index is 0.0548. The van der Waals surface area contributed by atoms with Crippen molar-refractivity contribution < 1.29 is 20.1 Å². The molecule has 9 heteroatoms. The molecule has 4 atom stereocenters. The SMILES string of the molecule is C#C[C@]1(CO)O[C@@H](c2ccc3c(N)nc(N)nn23)[C@@H](O)C1O. The molecule has 1 aliphatic heterocycles. The molecule has 0 aromatic carbocycles. The Labute approximate surface area is 125 Å². The van der Waals surface area contributed by atoms with Crippen LogP contribution in [0, 0.1) is 12.3 Å². The Morgan fingerprint density at radius 1 is 1.41 bits per heavy atom. The minimum Gasteiger partial charge on any atom is -0.392 e. The molecule has 2 aromatic heterocycles. The summed E-state index contributed by atoms with van der Waals surface area (Å²) in [7, 11) is 0. The average Bonchev–Trinajstić information content (AvgIpc) is 3.01. The third-order valence-electron chi connectivity index (χ3n) is 3.80. The maximum atomic E-state index is 10.2. The van der Waals surface area contributed by atoms with Crippen LogP contribution >= 0.6 is 0 Å². The molecule has 7 N–H and O–H groups in total. The van der Waals surface area contributed by atoms with Gasteiger partial charge in [0.05, 0.1) is 12.3 Å².